The second-order valence-electron chi connectivity index (χ2n) is 8.80. The van der Waals surface area contributed by atoms with Gasteiger partial charge in [0.2, 0.25) is 0 Å². The van der Waals surface area contributed by atoms with Crippen LogP contribution in [0.15, 0.2) is 66.7 Å². The molecule has 0 heterocycles. The van der Waals surface area contributed by atoms with Crippen LogP contribution in [0.5, 0.6) is 17.2 Å². The molecule has 0 aliphatic heterocycles. The third-order valence-electron chi connectivity index (χ3n) is 6.12. The van der Waals surface area contributed by atoms with Crippen LogP contribution in [0.25, 0.3) is 0 Å². The summed E-state index contributed by atoms with van der Waals surface area (Å²) in [6, 6.07) is 20.0. The molecule has 3 aromatic rings. The molecule has 0 aromatic heterocycles. The highest BCUT2D eigenvalue weighted by atomic mass is 16.5. The number of nitrogens with zero attached hydrogens (tertiary/aromatic N) is 1. The quantitative estimate of drug-likeness (QED) is 0.371. The smallest absolute Gasteiger partial charge is 0.339 e. The fraction of sp³-hybridized carbons (Fsp3) is 0.310. The minimum atomic E-state index is -1.10. The summed E-state index contributed by atoms with van der Waals surface area (Å²) in [5.74, 6) is 0.137. The minimum Gasteiger partial charge on any atom is -0.493 e. The first kappa shape index (κ1) is 26.6. The highest BCUT2D eigenvalue weighted by Gasteiger charge is 2.24. The first-order chi connectivity index (χ1) is 17.2. The molecule has 0 saturated carbocycles. The van der Waals surface area contributed by atoms with Gasteiger partial charge in [0.15, 0.2) is 18.1 Å². The molecule has 0 fully saturated rings. The lowest BCUT2D eigenvalue weighted by Gasteiger charge is -2.30. The van der Waals surface area contributed by atoms with Crippen molar-refractivity contribution >= 4 is 11.9 Å². The van der Waals surface area contributed by atoms with Gasteiger partial charge in [-0.15, -0.1) is 0 Å². The van der Waals surface area contributed by atoms with Crippen LogP contribution < -0.4 is 14.2 Å². The lowest BCUT2D eigenvalue weighted by molar-refractivity contribution is -0.136. The molecule has 7 heteroatoms. The maximum Gasteiger partial charge on any atom is 0.339 e. The average molecular weight is 492 g/mol. The Morgan fingerprint density at radius 1 is 0.833 bits per heavy atom. The van der Waals surface area contributed by atoms with Crippen molar-refractivity contribution in [1.29, 1.82) is 0 Å². The zero-order chi connectivity index (χ0) is 26.2. The van der Waals surface area contributed by atoms with Gasteiger partial charge in [0.05, 0.1) is 20.3 Å². The molecule has 1 amide bonds. The molecule has 36 heavy (non-hydrogen) atoms. The molecule has 0 saturated heterocycles. The van der Waals surface area contributed by atoms with Crippen LogP contribution in [0.2, 0.25) is 0 Å². The lowest BCUT2D eigenvalue weighted by Crippen LogP contribution is -2.36. The van der Waals surface area contributed by atoms with E-state index in [0.717, 1.165) is 16.7 Å². The second kappa shape index (κ2) is 12.1. The Morgan fingerprint density at radius 2 is 1.50 bits per heavy atom. The van der Waals surface area contributed by atoms with Gasteiger partial charge in [-0.25, -0.2) is 4.79 Å². The topological polar surface area (TPSA) is 85.3 Å². The van der Waals surface area contributed by atoms with E-state index in [1.165, 1.54) is 0 Å². The molecule has 1 atom stereocenters. The van der Waals surface area contributed by atoms with E-state index < -0.39 is 5.97 Å². The van der Waals surface area contributed by atoms with Crippen LogP contribution in [-0.2, 0) is 11.3 Å². The van der Waals surface area contributed by atoms with Gasteiger partial charge < -0.3 is 24.2 Å². The molecule has 0 bridgehead atoms. The molecular weight excluding hydrogens is 458 g/mol. The summed E-state index contributed by atoms with van der Waals surface area (Å²) in [4.78, 5) is 27.0. The number of carbonyl (C=O) groups excluding carboxylic acids is 1. The molecule has 0 unspecified atom stereocenters. The molecule has 190 valence electrons. The highest BCUT2D eigenvalue weighted by Crippen LogP contribution is 2.30. The Balaban J connectivity index is 1.87. The van der Waals surface area contributed by atoms with Crippen molar-refractivity contribution in [3.8, 4) is 17.2 Å². The van der Waals surface area contributed by atoms with Gasteiger partial charge in [-0.1, -0.05) is 56.3 Å². The first-order valence-corrected chi connectivity index (χ1v) is 11.8. The van der Waals surface area contributed by atoms with E-state index in [9.17, 15) is 14.7 Å². The van der Waals surface area contributed by atoms with Gasteiger partial charge in [-0.05, 0) is 53.8 Å². The second-order valence-corrected chi connectivity index (χ2v) is 8.80. The predicted molar refractivity (Wildman–Crippen MR) is 138 cm³/mol. The van der Waals surface area contributed by atoms with Crippen LogP contribution >= 0.6 is 0 Å². The maximum atomic E-state index is 13.5. The number of aromatic carboxylic acids is 1. The van der Waals surface area contributed by atoms with Gasteiger partial charge in [-0.3, -0.25) is 4.79 Å². The van der Waals surface area contributed by atoms with Crippen LogP contribution in [0.4, 0.5) is 0 Å². The van der Waals surface area contributed by atoms with Crippen LogP contribution in [0.1, 0.15) is 59.8 Å². The maximum absolute atomic E-state index is 13.5. The van der Waals surface area contributed by atoms with Crippen molar-refractivity contribution in [2.45, 2.75) is 39.3 Å². The van der Waals surface area contributed by atoms with Crippen molar-refractivity contribution in [2.24, 2.45) is 0 Å². The zero-order valence-corrected chi connectivity index (χ0v) is 21.4. The van der Waals surface area contributed by atoms with Crippen LogP contribution in [0.3, 0.4) is 0 Å². The number of methoxy groups -OCH3 is 2. The number of carboxylic acid groups (broad SMARTS) is 1. The number of carbonyl (C=O) groups is 2. The van der Waals surface area contributed by atoms with Gasteiger partial charge in [-0.2, -0.15) is 0 Å². The summed E-state index contributed by atoms with van der Waals surface area (Å²) in [6.45, 7) is 5.93. The van der Waals surface area contributed by atoms with Crippen molar-refractivity contribution in [1.82, 2.24) is 4.90 Å². The third kappa shape index (κ3) is 6.36. The molecule has 0 aliphatic carbocycles. The SMILES string of the molecule is COc1ccc(CN(C(=O)COc2ccc(C(C)C)cc2C(=O)O)[C@H](C)c2ccccc2)cc1OC. The van der Waals surface area contributed by atoms with Crippen LogP contribution in [0, 0.1) is 0 Å². The number of rotatable bonds is 11. The van der Waals surface area contributed by atoms with E-state index in [-0.39, 0.29) is 35.8 Å². The predicted octanol–water partition coefficient (Wildman–Crippen LogP) is 5.69. The molecule has 3 rings (SSSR count). The van der Waals surface area contributed by atoms with Crippen molar-refractivity contribution in [3.05, 3.63) is 89.0 Å². The fourth-order valence-electron chi connectivity index (χ4n) is 3.95. The van der Waals surface area contributed by atoms with Crippen LogP contribution in [-0.4, -0.2) is 42.7 Å². The Labute approximate surface area is 212 Å². The first-order valence-electron chi connectivity index (χ1n) is 11.8. The standard InChI is InChI=1S/C29H33NO6/c1-19(2)23-12-14-25(24(16-23)29(32)33)36-18-28(31)30(20(3)22-9-7-6-8-10-22)17-21-11-13-26(34-4)27(15-21)35-5/h6-16,19-20H,17-18H2,1-5H3,(H,32,33)/t20-/m1/s1. The molecule has 0 spiro atoms. The minimum absolute atomic E-state index is 0.0385. The monoisotopic (exact) mass is 491 g/mol. The number of hydrogen-bond donors (Lipinski definition) is 1. The summed E-state index contributed by atoms with van der Waals surface area (Å²) < 4.78 is 16.5. The van der Waals surface area contributed by atoms with E-state index in [1.807, 2.05) is 69.3 Å². The van der Waals surface area contributed by atoms with E-state index in [0.29, 0.717) is 18.0 Å². The molecule has 3 aromatic carbocycles. The number of amides is 1. The van der Waals surface area contributed by atoms with Crippen molar-refractivity contribution < 1.29 is 28.9 Å². The summed E-state index contributed by atoms with van der Waals surface area (Å²) >= 11 is 0. The average Bonchev–Trinajstić information content (AvgIpc) is 2.90. The normalized spacial score (nSPS) is 11.6. The Morgan fingerprint density at radius 3 is 2.11 bits per heavy atom. The molecular formula is C29H33NO6. The van der Waals surface area contributed by atoms with Crippen molar-refractivity contribution in [3.63, 3.8) is 0 Å². The number of carboxylic acids is 1. The van der Waals surface area contributed by atoms with Crippen molar-refractivity contribution in [2.75, 3.05) is 20.8 Å². The van der Waals surface area contributed by atoms with Gasteiger partial charge >= 0.3 is 5.97 Å². The molecule has 1 N–H and O–H groups in total. The summed E-state index contributed by atoms with van der Waals surface area (Å²) in [7, 11) is 3.14. The van der Waals surface area contributed by atoms with Gasteiger partial charge in [0, 0.05) is 6.54 Å². The summed E-state index contributed by atoms with van der Waals surface area (Å²) in [5, 5.41) is 9.67. The summed E-state index contributed by atoms with van der Waals surface area (Å²) in [5.41, 5.74) is 2.76. The largest absolute Gasteiger partial charge is 0.493 e. The van der Waals surface area contributed by atoms with E-state index >= 15 is 0 Å². The molecule has 7 nitrogen and oxygen atoms in total. The number of ether oxygens (including phenoxy) is 3. The van der Waals surface area contributed by atoms with E-state index in [2.05, 4.69) is 0 Å². The van der Waals surface area contributed by atoms with Gasteiger partial charge in [0.25, 0.3) is 5.91 Å². The number of hydrogen-bond acceptors (Lipinski definition) is 5. The molecule has 0 radical (unpaired) electrons. The van der Waals surface area contributed by atoms with Gasteiger partial charge in [0.1, 0.15) is 11.3 Å². The Kier molecular flexibility index (Phi) is 8.95. The summed E-state index contributed by atoms with van der Waals surface area (Å²) in [6.07, 6.45) is 0. The van der Waals surface area contributed by atoms with E-state index in [1.54, 1.807) is 37.3 Å². The third-order valence-corrected chi connectivity index (χ3v) is 6.12. The Bertz CT molecular complexity index is 1190. The Hall–Kier alpha value is -4.00. The molecule has 0 aliphatic rings. The number of benzene rings is 3. The zero-order valence-electron chi connectivity index (χ0n) is 21.4. The highest BCUT2D eigenvalue weighted by molar-refractivity contribution is 5.91. The fourth-order valence-corrected chi connectivity index (χ4v) is 3.95. The van der Waals surface area contributed by atoms with E-state index in [4.69, 9.17) is 14.2 Å². The lowest BCUT2D eigenvalue weighted by atomic mass is 10.0.